The van der Waals surface area contributed by atoms with E-state index in [-0.39, 0.29) is 6.79 Å². The van der Waals surface area contributed by atoms with E-state index in [1.165, 1.54) is 0 Å². The molecule has 1 aromatic heterocycles. The predicted octanol–water partition coefficient (Wildman–Crippen LogP) is 2.06. The predicted molar refractivity (Wildman–Crippen MR) is 80.0 cm³/mol. The number of rotatable bonds is 4. The molecule has 1 aliphatic rings. The lowest BCUT2D eigenvalue weighted by atomic mass is 10.2. The molecule has 0 radical (unpaired) electrons. The van der Waals surface area contributed by atoms with Gasteiger partial charge in [0.2, 0.25) is 6.79 Å². The molecule has 0 aliphatic carbocycles. The van der Waals surface area contributed by atoms with Crippen molar-refractivity contribution >= 4 is 23.0 Å². The molecule has 0 spiro atoms. The third-order valence-electron chi connectivity index (χ3n) is 2.97. The Labute approximate surface area is 121 Å². The van der Waals surface area contributed by atoms with Crippen molar-refractivity contribution in [1.29, 1.82) is 0 Å². The van der Waals surface area contributed by atoms with Crippen molar-refractivity contribution in [2.24, 2.45) is 5.73 Å². The van der Waals surface area contributed by atoms with E-state index in [0.29, 0.717) is 17.4 Å². The highest BCUT2D eigenvalue weighted by molar-refractivity contribution is 7.80. The normalized spacial score (nSPS) is 12.2. The fourth-order valence-electron chi connectivity index (χ4n) is 1.98. The van der Waals surface area contributed by atoms with Crippen LogP contribution in [-0.2, 0) is 6.54 Å². The molecule has 20 heavy (non-hydrogen) atoms. The summed E-state index contributed by atoms with van der Waals surface area (Å²) in [7, 11) is 0. The van der Waals surface area contributed by atoms with Gasteiger partial charge in [-0.3, -0.25) is 0 Å². The summed E-state index contributed by atoms with van der Waals surface area (Å²) in [5.74, 6) is 2.22. The molecule has 3 N–H and O–H groups in total. The first-order valence-corrected chi connectivity index (χ1v) is 6.52. The minimum Gasteiger partial charge on any atom is -0.454 e. The standard InChI is InChI=1S/C14H13N3O2S/c15-13(20)10-2-1-5-16-14(10)17-7-9-3-4-11-12(6-9)19-8-18-11/h1-6H,7-8H2,(H2,15,20)(H,16,17). The number of hydrogen-bond acceptors (Lipinski definition) is 5. The van der Waals surface area contributed by atoms with E-state index in [1.807, 2.05) is 24.3 Å². The highest BCUT2D eigenvalue weighted by atomic mass is 32.1. The van der Waals surface area contributed by atoms with Crippen LogP contribution < -0.4 is 20.5 Å². The summed E-state index contributed by atoms with van der Waals surface area (Å²) in [6, 6.07) is 9.46. The molecule has 3 rings (SSSR count). The minimum atomic E-state index is 0.276. The van der Waals surface area contributed by atoms with Gasteiger partial charge in [-0.15, -0.1) is 0 Å². The van der Waals surface area contributed by atoms with Gasteiger partial charge in [-0.25, -0.2) is 4.98 Å². The van der Waals surface area contributed by atoms with Crippen LogP contribution in [0.4, 0.5) is 5.82 Å². The second kappa shape index (κ2) is 5.34. The van der Waals surface area contributed by atoms with Crippen molar-refractivity contribution in [3.8, 4) is 11.5 Å². The molecule has 0 amide bonds. The molecule has 2 heterocycles. The molecular weight excluding hydrogens is 274 g/mol. The first-order valence-electron chi connectivity index (χ1n) is 6.11. The van der Waals surface area contributed by atoms with E-state index in [9.17, 15) is 0 Å². The molecule has 0 unspecified atom stereocenters. The SMILES string of the molecule is NC(=S)c1cccnc1NCc1ccc2c(c1)OCO2. The van der Waals surface area contributed by atoms with Crippen LogP contribution in [0.15, 0.2) is 36.5 Å². The van der Waals surface area contributed by atoms with E-state index in [4.69, 9.17) is 27.4 Å². The monoisotopic (exact) mass is 287 g/mol. The topological polar surface area (TPSA) is 69.4 Å². The zero-order chi connectivity index (χ0) is 13.9. The molecule has 1 aromatic carbocycles. The maximum atomic E-state index is 5.67. The summed E-state index contributed by atoms with van der Waals surface area (Å²) in [5, 5.41) is 3.23. The average molecular weight is 287 g/mol. The van der Waals surface area contributed by atoms with Crippen LogP contribution in [0, 0.1) is 0 Å². The molecule has 0 bridgehead atoms. The van der Waals surface area contributed by atoms with Crippen molar-refractivity contribution < 1.29 is 9.47 Å². The Balaban J connectivity index is 1.75. The van der Waals surface area contributed by atoms with Crippen molar-refractivity contribution in [2.75, 3.05) is 12.1 Å². The highest BCUT2D eigenvalue weighted by Crippen LogP contribution is 2.32. The molecule has 5 nitrogen and oxygen atoms in total. The van der Waals surface area contributed by atoms with Gasteiger partial charge in [-0.1, -0.05) is 18.3 Å². The number of ether oxygens (including phenoxy) is 2. The van der Waals surface area contributed by atoms with Gasteiger partial charge < -0.3 is 20.5 Å². The summed E-state index contributed by atoms with van der Waals surface area (Å²) in [5.41, 5.74) is 7.48. The van der Waals surface area contributed by atoms with Gasteiger partial charge in [-0.2, -0.15) is 0 Å². The molecule has 0 saturated carbocycles. The fraction of sp³-hybridized carbons (Fsp3) is 0.143. The summed E-state index contributed by atoms with van der Waals surface area (Å²) in [6.45, 7) is 0.876. The third-order valence-corrected chi connectivity index (χ3v) is 3.19. The third kappa shape index (κ3) is 2.50. The second-order valence-electron chi connectivity index (χ2n) is 4.30. The first-order chi connectivity index (χ1) is 9.74. The zero-order valence-electron chi connectivity index (χ0n) is 10.6. The van der Waals surface area contributed by atoms with Crippen LogP contribution in [0.25, 0.3) is 0 Å². The number of nitrogens with zero attached hydrogens (tertiary/aromatic N) is 1. The van der Waals surface area contributed by atoms with Crippen LogP contribution >= 0.6 is 12.2 Å². The van der Waals surface area contributed by atoms with Gasteiger partial charge in [-0.05, 0) is 29.8 Å². The molecule has 0 fully saturated rings. The van der Waals surface area contributed by atoms with Gasteiger partial charge >= 0.3 is 0 Å². The van der Waals surface area contributed by atoms with Crippen LogP contribution in [0.5, 0.6) is 11.5 Å². The highest BCUT2D eigenvalue weighted by Gasteiger charge is 2.13. The summed E-state index contributed by atoms with van der Waals surface area (Å²) in [4.78, 5) is 4.58. The van der Waals surface area contributed by atoms with E-state index in [0.717, 1.165) is 22.6 Å². The van der Waals surface area contributed by atoms with Crippen molar-refractivity contribution in [3.05, 3.63) is 47.7 Å². The van der Waals surface area contributed by atoms with Crippen molar-refractivity contribution in [3.63, 3.8) is 0 Å². The second-order valence-corrected chi connectivity index (χ2v) is 4.74. The van der Waals surface area contributed by atoms with Crippen molar-refractivity contribution in [1.82, 2.24) is 4.98 Å². The van der Waals surface area contributed by atoms with E-state index < -0.39 is 0 Å². The lowest BCUT2D eigenvalue weighted by Gasteiger charge is -2.10. The summed E-state index contributed by atoms with van der Waals surface area (Å²) in [6.07, 6.45) is 1.70. The van der Waals surface area contributed by atoms with Crippen LogP contribution in [0.1, 0.15) is 11.1 Å². The van der Waals surface area contributed by atoms with E-state index in [2.05, 4.69) is 10.3 Å². The van der Waals surface area contributed by atoms with Gasteiger partial charge in [0.15, 0.2) is 11.5 Å². The van der Waals surface area contributed by atoms with Gasteiger partial charge in [0.25, 0.3) is 0 Å². The summed E-state index contributed by atoms with van der Waals surface area (Å²) >= 11 is 5.01. The Bertz CT molecular complexity index is 661. The molecule has 0 saturated heterocycles. The number of nitrogens with one attached hydrogen (secondary N) is 1. The molecular formula is C14H13N3O2S. The molecule has 1 aliphatic heterocycles. The van der Waals surface area contributed by atoms with E-state index >= 15 is 0 Å². The molecule has 0 atom stereocenters. The number of fused-ring (bicyclic) bond motifs is 1. The number of nitrogens with two attached hydrogens (primary N) is 1. The van der Waals surface area contributed by atoms with Gasteiger partial charge in [0.05, 0.1) is 5.56 Å². The fourth-order valence-corrected chi connectivity index (χ4v) is 2.15. The lowest BCUT2D eigenvalue weighted by molar-refractivity contribution is 0.174. The maximum Gasteiger partial charge on any atom is 0.231 e. The van der Waals surface area contributed by atoms with Crippen LogP contribution in [-0.4, -0.2) is 16.8 Å². The lowest BCUT2D eigenvalue weighted by Crippen LogP contribution is -2.14. The number of thiocarbonyl (C=S) groups is 1. The number of anilines is 1. The van der Waals surface area contributed by atoms with Crippen LogP contribution in [0.3, 0.4) is 0 Å². The molecule has 6 heteroatoms. The Morgan fingerprint density at radius 1 is 1.30 bits per heavy atom. The Morgan fingerprint density at radius 3 is 3.00 bits per heavy atom. The summed E-state index contributed by atoms with van der Waals surface area (Å²) < 4.78 is 10.6. The number of benzene rings is 1. The number of hydrogen-bond donors (Lipinski definition) is 2. The van der Waals surface area contributed by atoms with Gasteiger partial charge in [0.1, 0.15) is 10.8 Å². The van der Waals surface area contributed by atoms with Crippen LogP contribution in [0.2, 0.25) is 0 Å². The van der Waals surface area contributed by atoms with Gasteiger partial charge in [0, 0.05) is 12.7 Å². The van der Waals surface area contributed by atoms with Crippen molar-refractivity contribution in [2.45, 2.75) is 6.54 Å². The molecule has 102 valence electrons. The maximum absolute atomic E-state index is 5.67. The number of pyridine rings is 1. The molecule has 2 aromatic rings. The minimum absolute atomic E-state index is 0.276. The quantitative estimate of drug-likeness (QED) is 0.839. The Kier molecular flexibility index (Phi) is 3.39. The smallest absolute Gasteiger partial charge is 0.231 e. The Hall–Kier alpha value is -2.34. The van der Waals surface area contributed by atoms with E-state index in [1.54, 1.807) is 12.3 Å². The Morgan fingerprint density at radius 2 is 2.15 bits per heavy atom. The largest absolute Gasteiger partial charge is 0.454 e. The number of aromatic nitrogens is 1. The zero-order valence-corrected chi connectivity index (χ0v) is 11.4. The average Bonchev–Trinajstić information content (AvgIpc) is 2.92. The first kappa shape index (κ1) is 12.7.